The van der Waals surface area contributed by atoms with Gasteiger partial charge in [0.05, 0.1) is 0 Å². The Kier molecular flexibility index (Phi) is 24.6. The van der Waals surface area contributed by atoms with Crippen LogP contribution in [0.2, 0.25) is 0 Å². The first kappa shape index (κ1) is 16.6. The molecule has 4 heteroatoms. The standard InChI is InChI=1S/CH2O3.CH4.Sn/c2-1(3)4;;/h(H2,2,3,4);1H4;/q;;+2/p-2. The topological polar surface area (TPSA) is 63.2 Å². The maximum absolute atomic E-state index is 8.33. The monoisotopic (exact) mass is 196 g/mol. The molecule has 0 aliphatic rings. The fourth-order valence-electron chi connectivity index (χ4n) is 0. The molecule has 0 atom stereocenters. The van der Waals surface area contributed by atoms with Crippen molar-refractivity contribution >= 4 is 30.1 Å². The second-order valence-corrected chi connectivity index (χ2v) is 0.250. The molecule has 0 spiro atoms. The number of carbonyl (C=O) groups excluding carboxylic acids is 1. The van der Waals surface area contributed by atoms with E-state index in [1.54, 1.807) is 0 Å². The Bertz CT molecular complexity index is 31.8. The first-order valence-electron chi connectivity index (χ1n) is 0.612. The van der Waals surface area contributed by atoms with E-state index in [0.717, 1.165) is 0 Å². The zero-order valence-electron chi connectivity index (χ0n) is 2.22. The molecule has 0 aromatic carbocycles. The Morgan fingerprint density at radius 2 is 1.33 bits per heavy atom. The second kappa shape index (κ2) is 8.91. The summed E-state index contributed by atoms with van der Waals surface area (Å²) >= 11 is 0. The zero-order valence-corrected chi connectivity index (χ0v) is 5.08. The van der Waals surface area contributed by atoms with Crippen molar-refractivity contribution in [3.8, 4) is 0 Å². The summed E-state index contributed by atoms with van der Waals surface area (Å²) in [6.07, 6.45) is -2.33. The summed E-state index contributed by atoms with van der Waals surface area (Å²) in [6, 6.07) is 0. The van der Waals surface area contributed by atoms with Crippen LogP contribution in [0, 0.1) is 0 Å². The number of hydrogen-bond acceptors (Lipinski definition) is 3. The van der Waals surface area contributed by atoms with Crippen molar-refractivity contribution < 1.29 is 15.0 Å². The molecule has 3 nitrogen and oxygen atoms in total. The van der Waals surface area contributed by atoms with Gasteiger partial charge in [0.2, 0.25) is 0 Å². The summed E-state index contributed by atoms with van der Waals surface area (Å²) in [5.74, 6) is 0. The molecule has 0 aromatic heterocycles. The third kappa shape index (κ3) is 8120. The van der Waals surface area contributed by atoms with E-state index in [0.29, 0.717) is 0 Å². The van der Waals surface area contributed by atoms with Gasteiger partial charge in [-0.3, -0.25) is 0 Å². The van der Waals surface area contributed by atoms with E-state index >= 15 is 0 Å². The summed E-state index contributed by atoms with van der Waals surface area (Å²) in [6.45, 7) is 0. The number of rotatable bonds is 0. The Labute approximate surface area is 52.9 Å². The zero-order chi connectivity index (χ0) is 3.58. The molecule has 0 saturated heterocycles. The average Bonchev–Trinajstić information content (AvgIpc) is 0.811. The number of carbonyl (C=O) groups is 1. The van der Waals surface area contributed by atoms with E-state index in [-0.39, 0.29) is 31.3 Å². The minimum absolute atomic E-state index is 0. The molecule has 0 bridgehead atoms. The van der Waals surface area contributed by atoms with E-state index in [4.69, 9.17) is 15.0 Å². The van der Waals surface area contributed by atoms with Crippen molar-refractivity contribution in [2.45, 2.75) is 7.43 Å². The second-order valence-electron chi connectivity index (χ2n) is 0.250. The summed E-state index contributed by atoms with van der Waals surface area (Å²) < 4.78 is 0. The van der Waals surface area contributed by atoms with Crippen LogP contribution in [0.15, 0.2) is 0 Å². The fourth-order valence-corrected chi connectivity index (χ4v) is 0. The molecule has 0 rings (SSSR count). The smallest absolute Gasteiger partial charge is 0.652 e. The van der Waals surface area contributed by atoms with Gasteiger partial charge in [-0.2, -0.15) is 0 Å². The van der Waals surface area contributed by atoms with Gasteiger partial charge in [0.25, 0.3) is 0 Å². The maximum Gasteiger partial charge on any atom is 2.00 e. The largest absolute Gasteiger partial charge is 2.00 e. The number of hydrogen-bond donors (Lipinski definition) is 0. The van der Waals surface area contributed by atoms with Gasteiger partial charge in [-0.25, -0.2) is 0 Å². The van der Waals surface area contributed by atoms with Gasteiger partial charge in [-0.1, -0.05) is 7.43 Å². The van der Waals surface area contributed by atoms with Gasteiger partial charge >= 0.3 is 23.9 Å². The van der Waals surface area contributed by atoms with Crippen molar-refractivity contribution in [3.05, 3.63) is 0 Å². The molecule has 0 fully saturated rings. The van der Waals surface area contributed by atoms with E-state index in [1.165, 1.54) is 0 Å². The van der Waals surface area contributed by atoms with E-state index in [9.17, 15) is 0 Å². The Morgan fingerprint density at radius 3 is 1.33 bits per heavy atom. The molecule has 0 amide bonds. The third-order valence-corrected chi connectivity index (χ3v) is 0. The van der Waals surface area contributed by atoms with Gasteiger partial charge in [-0.15, -0.1) is 0 Å². The Morgan fingerprint density at radius 1 is 1.33 bits per heavy atom. The minimum Gasteiger partial charge on any atom is -0.652 e. The first-order valence-corrected chi connectivity index (χ1v) is 0.612. The van der Waals surface area contributed by atoms with Crippen LogP contribution in [0.1, 0.15) is 7.43 Å². The predicted molar refractivity (Wildman–Crippen MR) is 17.9 cm³/mol. The van der Waals surface area contributed by atoms with Crippen LogP contribution in [0.25, 0.3) is 0 Å². The van der Waals surface area contributed by atoms with Crippen molar-refractivity contribution in [2.75, 3.05) is 0 Å². The van der Waals surface area contributed by atoms with E-state index < -0.39 is 6.16 Å². The molecule has 0 saturated carbocycles. The van der Waals surface area contributed by atoms with Crippen molar-refractivity contribution in [2.24, 2.45) is 0 Å². The Hall–Kier alpha value is 0.0687. The summed E-state index contributed by atoms with van der Waals surface area (Å²) in [5, 5.41) is 16.7. The number of carboxylic acid groups (broad SMARTS) is 2. The fraction of sp³-hybridized carbons (Fsp3) is 0.500. The van der Waals surface area contributed by atoms with Gasteiger partial charge in [0.15, 0.2) is 0 Å². The van der Waals surface area contributed by atoms with Crippen LogP contribution >= 0.6 is 0 Å². The molecule has 0 heterocycles. The van der Waals surface area contributed by atoms with Crippen LogP contribution in [0.4, 0.5) is 4.79 Å². The molecule has 0 unspecified atom stereocenters. The van der Waals surface area contributed by atoms with Crippen LogP contribution in [0.3, 0.4) is 0 Å². The summed E-state index contributed by atoms with van der Waals surface area (Å²) in [5.41, 5.74) is 0. The van der Waals surface area contributed by atoms with Crippen LogP contribution in [-0.4, -0.2) is 30.1 Å². The quantitative estimate of drug-likeness (QED) is 0.412. The van der Waals surface area contributed by atoms with Gasteiger partial charge in [0, 0.05) is 0 Å². The molecular formula is C2H4O3Sn. The van der Waals surface area contributed by atoms with Gasteiger partial charge in [0.1, 0.15) is 0 Å². The van der Waals surface area contributed by atoms with Crippen molar-refractivity contribution in [1.29, 1.82) is 0 Å². The first-order chi connectivity index (χ1) is 1.73. The molecule has 2 radical (unpaired) electrons. The van der Waals surface area contributed by atoms with Gasteiger partial charge < -0.3 is 15.0 Å². The predicted octanol–water partition coefficient (Wildman–Crippen LogP) is -2.19. The molecule has 0 aromatic rings. The van der Waals surface area contributed by atoms with E-state index in [2.05, 4.69) is 0 Å². The SMILES string of the molecule is C.O=C([O-])[O-].[Sn+2]. The van der Waals surface area contributed by atoms with Crippen LogP contribution < -0.4 is 10.2 Å². The normalized spacial score (nSPS) is 4.00. The molecule has 34 valence electrons. The molecule has 0 aliphatic heterocycles. The van der Waals surface area contributed by atoms with Crippen molar-refractivity contribution in [3.63, 3.8) is 0 Å². The molecule has 0 N–H and O–H groups in total. The molecule has 0 aliphatic carbocycles. The van der Waals surface area contributed by atoms with Gasteiger partial charge in [-0.05, 0) is 6.16 Å². The summed E-state index contributed by atoms with van der Waals surface area (Å²) in [4.78, 5) is 8.33. The maximum atomic E-state index is 8.33. The Balaban J connectivity index is -0.0000000450. The minimum atomic E-state index is -2.33. The third-order valence-electron chi connectivity index (χ3n) is 0. The molecule has 6 heavy (non-hydrogen) atoms. The average molecular weight is 195 g/mol. The van der Waals surface area contributed by atoms with Crippen LogP contribution in [-0.2, 0) is 0 Å². The molecular weight excluding hydrogens is 191 g/mol. The van der Waals surface area contributed by atoms with Crippen molar-refractivity contribution in [1.82, 2.24) is 0 Å². The van der Waals surface area contributed by atoms with E-state index in [1.807, 2.05) is 0 Å². The summed E-state index contributed by atoms with van der Waals surface area (Å²) in [7, 11) is 0. The van der Waals surface area contributed by atoms with Crippen LogP contribution in [0.5, 0.6) is 0 Å².